The maximum Gasteiger partial charge on any atom is 0.308 e. The first-order valence-corrected chi connectivity index (χ1v) is 10.7. The second-order valence-electron chi connectivity index (χ2n) is 7.63. The van der Waals surface area contributed by atoms with Crippen molar-refractivity contribution in [3.63, 3.8) is 0 Å². The summed E-state index contributed by atoms with van der Waals surface area (Å²) in [6.07, 6.45) is 5.40. The second kappa shape index (κ2) is 9.53. The Labute approximate surface area is 177 Å². The van der Waals surface area contributed by atoms with E-state index in [1.807, 2.05) is 49.5 Å². The number of aromatic nitrogens is 2. The Morgan fingerprint density at radius 3 is 2.23 bits per heavy atom. The minimum absolute atomic E-state index is 0.0178. The zero-order valence-corrected chi connectivity index (χ0v) is 17.3. The summed E-state index contributed by atoms with van der Waals surface area (Å²) in [5.74, 6) is 0.586. The topological polar surface area (TPSA) is 64.1 Å². The molecule has 0 saturated heterocycles. The van der Waals surface area contributed by atoms with Gasteiger partial charge in [0, 0.05) is 23.4 Å². The average Bonchev–Trinajstić information content (AvgIpc) is 2.81. The maximum atomic E-state index is 12.0. The Bertz CT molecular complexity index is 968. The van der Waals surface area contributed by atoms with E-state index in [1.165, 1.54) is 0 Å². The Balaban J connectivity index is 1.53. The van der Waals surface area contributed by atoms with Gasteiger partial charge in [-0.3, -0.25) is 4.79 Å². The number of benzene rings is 2. The minimum atomic E-state index is -0.0641. The van der Waals surface area contributed by atoms with Gasteiger partial charge < -0.3 is 10.1 Å². The number of carbonyl (C=O) groups is 1. The highest BCUT2D eigenvalue weighted by atomic mass is 16.5. The molecule has 0 bridgehead atoms. The minimum Gasteiger partial charge on any atom is -0.466 e. The second-order valence-corrected chi connectivity index (χ2v) is 7.63. The van der Waals surface area contributed by atoms with Crippen LogP contribution in [0.2, 0.25) is 0 Å². The molecule has 1 aliphatic rings. The van der Waals surface area contributed by atoms with Gasteiger partial charge >= 0.3 is 5.97 Å². The fourth-order valence-corrected chi connectivity index (χ4v) is 4.01. The van der Waals surface area contributed by atoms with Gasteiger partial charge in [-0.25, -0.2) is 9.97 Å². The molecular weight excluding hydrogens is 374 g/mol. The monoisotopic (exact) mass is 401 g/mol. The van der Waals surface area contributed by atoms with Gasteiger partial charge in [-0.1, -0.05) is 60.7 Å². The lowest BCUT2D eigenvalue weighted by molar-refractivity contribution is -0.149. The number of nitrogens with one attached hydrogen (secondary N) is 1. The number of ether oxygens (including phenoxy) is 1. The molecule has 5 heteroatoms. The molecule has 1 heterocycles. The summed E-state index contributed by atoms with van der Waals surface area (Å²) >= 11 is 0. The molecule has 1 saturated carbocycles. The van der Waals surface area contributed by atoms with E-state index < -0.39 is 0 Å². The molecule has 2 aromatic carbocycles. The van der Waals surface area contributed by atoms with Crippen molar-refractivity contribution in [1.82, 2.24) is 9.97 Å². The lowest BCUT2D eigenvalue weighted by Crippen LogP contribution is -2.30. The predicted molar refractivity (Wildman–Crippen MR) is 119 cm³/mol. The summed E-state index contributed by atoms with van der Waals surface area (Å²) in [5.41, 5.74) is 4.09. The molecule has 4 rings (SSSR count). The zero-order valence-electron chi connectivity index (χ0n) is 17.3. The van der Waals surface area contributed by atoms with Gasteiger partial charge in [0.15, 0.2) is 0 Å². The van der Waals surface area contributed by atoms with Crippen LogP contribution in [0, 0.1) is 5.92 Å². The molecule has 0 unspecified atom stereocenters. The molecule has 0 atom stereocenters. The first-order valence-electron chi connectivity index (χ1n) is 10.7. The summed E-state index contributed by atoms with van der Waals surface area (Å²) in [6.45, 7) is 2.30. The Morgan fingerprint density at radius 2 is 1.60 bits per heavy atom. The molecule has 0 aliphatic heterocycles. The third-order valence-electron chi connectivity index (χ3n) is 5.60. The van der Waals surface area contributed by atoms with Crippen molar-refractivity contribution < 1.29 is 9.53 Å². The van der Waals surface area contributed by atoms with E-state index in [9.17, 15) is 4.79 Å². The number of esters is 1. The summed E-state index contributed by atoms with van der Waals surface area (Å²) in [6, 6.07) is 20.7. The summed E-state index contributed by atoms with van der Waals surface area (Å²) in [4.78, 5) is 21.5. The molecule has 3 aromatic rings. The lowest BCUT2D eigenvalue weighted by Gasteiger charge is -2.28. The van der Waals surface area contributed by atoms with Gasteiger partial charge in [0.05, 0.1) is 18.2 Å². The molecule has 0 spiro atoms. The summed E-state index contributed by atoms with van der Waals surface area (Å²) in [5, 5.41) is 3.49. The fourth-order valence-electron chi connectivity index (χ4n) is 4.01. The first-order chi connectivity index (χ1) is 14.7. The van der Waals surface area contributed by atoms with E-state index in [0.29, 0.717) is 12.6 Å². The van der Waals surface area contributed by atoms with Crippen molar-refractivity contribution in [2.24, 2.45) is 5.92 Å². The van der Waals surface area contributed by atoms with Crippen LogP contribution < -0.4 is 5.32 Å². The van der Waals surface area contributed by atoms with Crippen molar-refractivity contribution in [3.8, 4) is 22.4 Å². The normalized spacial score (nSPS) is 18.6. The standard InChI is InChI=1S/C25H27N3O2/c1-2-30-24(29)20-13-15-21(16-14-20)27-25-26-17-22(18-9-5-3-6-10-18)23(28-25)19-11-7-4-8-12-19/h3-12,17,20-21H,2,13-16H2,1H3,(H,26,27,28). The van der Waals surface area contributed by atoms with Crippen LogP contribution in [0.1, 0.15) is 32.6 Å². The van der Waals surface area contributed by atoms with E-state index >= 15 is 0 Å². The van der Waals surface area contributed by atoms with Crippen LogP contribution in [0.15, 0.2) is 66.9 Å². The van der Waals surface area contributed by atoms with Gasteiger partial charge in [-0.05, 0) is 38.2 Å². The third-order valence-corrected chi connectivity index (χ3v) is 5.60. The van der Waals surface area contributed by atoms with Crippen LogP contribution >= 0.6 is 0 Å². The maximum absolute atomic E-state index is 12.0. The van der Waals surface area contributed by atoms with Crippen molar-refractivity contribution in [1.29, 1.82) is 0 Å². The molecule has 0 radical (unpaired) electrons. The highest BCUT2D eigenvalue weighted by molar-refractivity contribution is 5.80. The van der Waals surface area contributed by atoms with Crippen molar-refractivity contribution in [2.45, 2.75) is 38.6 Å². The van der Waals surface area contributed by atoms with Crippen molar-refractivity contribution in [2.75, 3.05) is 11.9 Å². The highest BCUT2D eigenvalue weighted by Gasteiger charge is 2.27. The highest BCUT2D eigenvalue weighted by Crippen LogP contribution is 2.32. The van der Waals surface area contributed by atoms with Crippen molar-refractivity contribution in [3.05, 3.63) is 66.9 Å². The van der Waals surface area contributed by atoms with E-state index in [-0.39, 0.29) is 17.9 Å². The van der Waals surface area contributed by atoms with E-state index in [1.54, 1.807) is 0 Å². The lowest BCUT2D eigenvalue weighted by atomic mass is 9.86. The van der Waals surface area contributed by atoms with Gasteiger partial charge in [-0.2, -0.15) is 0 Å². The zero-order chi connectivity index (χ0) is 20.8. The number of rotatable bonds is 6. The van der Waals surface area contributed by atoms with Gasteiger partial charge in [-0.15, -0.1) is 0 Å². The quantitative estimate of drug-likeness (QED) is 0.565. The predicted octanol–water partition coefficient (Wildman–Crippen LogP) is 5.34. The molecule has 0 amide bonds. The largest absolute Gasteiger partial charge is 0.466 e. The number of nitrogens with zero attached hydrogens (tertiary/aromatic N) is 2. The summed E-state index contributed by atoms with van der Waals surface area (Å²) < 4.78 is 5.17. The molecule has 5 nitrogen and oxygen atoms in total. The Kier molecular flexibility index (Phi) is 6.38. The van der Waals surface area contributed by atoms with E-state index in [4.69, 9.17) is 9.72 Å². The van der Waals surface area contributed by atoms with Crippen LogP contribution in [-0.2, 0) is 9.53 Å². The molecule has 30 heavy (non-hydrogen) atoms. The number of anilines is 1. The molecule has 154 valence electrons. The first kappa shape index (κ1) is 20.1. The molecule has 1 aliphatic carbocycles. The van der Waals surface area contributed by atoms with Crippen LogP contribution in [0.25, 0.3) is 22.4 Å². The summed E-state index contributed by atoms with van der Waals surface area (Å²) in [7, 11) is 0. The third kappa shape index (κ3) is 4.67. The van der Waals surface area contributed by atoms with Crippen LogP contribution in [-0.4, -0.2) is 28.6 Å². The number of hydrogen-bond donors (Lipinski definition) is 1. The van der Waals surface area contributed by atoms with Gasteiger partial charge in [0.2, 0.25) is 5.95 Å². The molecule has 1 N–H and O–H groups in total. The average molecular weight is 402 g/mol. The van der Waals surface area contributed by atoms with Crippen LogP contribution in [0.4, 0.5) is 5.95 Å². The van der Waals surface area contributed by atoms with E-state index in [2.05, 4.69) is 34.6 Å². The smallest absolute Gasteiger partial charge is 0.308 e. The number of hydrogen-bond acceptors (Lipinski definition) is 5. The Hall–Kier alpha value is -3.21. The molecule has 1 fully saturated rings. The van der Waals surface area contributed by atoms with Crippen molar-refractivity contribution >= 4 is 11.9 Å². The van der Waals surface area contributed by atoms with Gasteiger partial charge in [0.1, 0.15) is 0 Å². The SMILES string of the molecule is CCOC(=O)C1CCC(Nc2ncc(-c3ccccc3)c(-c3ccccc3)n2)CC1. The van der Waals surface area contributed by atoms with Crippen LogP contribution in [0.3, 0.4) is 0 Å². The fraction of sp³-hybridized carbons (Fsp3) is 0.320. The van der Waals surface area contributed by atoms with E-state index in [0.717, 1.165) is 48.1 Å². The van der Waals surface area contributed by atoms with Crippen LogP contribution in [0.5, 0.6) is 0 Å². The number of carbonyl (C=O) groups excluding carboxylic acids is 1. The van der Waals surface area contributed by atoms with Gasteiger partial charge in [0.25, 0.3) is 0 Å². The molecule has 1 aromatic heterocycles. The Morgan fingerprint density at radius 1 is 0.967 bits per heavy atom. The molecular formula is C25H27N3O2.